The Labute approximate surface area is 131 Å². The first-order valence-electron chi connectivity index (χ1n) is 7.33. The summed E-state index contributed by atoms with van der Waals surface area (Å²) in [4.78, 5) is 20.0. The lowest BCUT2D eigenvalue weighted by atomic mass is 10.2. The van der Waals surface area contributed by atoms with Gasteiger partial charge in [-0.25, -0.2) is 19.2 Å². The summed E-state index contributed by atoms with van der Waals surface area (Å²) in [6.45, 7) is 1.25. The summed E-state index contributed by atoms with van der Waals surface area (Å²) in [5.74, 6) is 0.542. The minimum absolute atomic E-state index is 0.00224. The van der Waals surface area contributed by atoms with Crippen LogP contribution in [0.1, 0.15) is 18.3 Å². The Morgan fingerprint density at radius 3 is 3.17 bits per heavy atom. The largest absolute Gasteiger partial charge is 0.379 e. The Hall–Kier alpha value is -2.81. The molecule has 9 heteroatoms. The van der Waals surface area contributed by atoms with Crippen LogP contribution in [0.15, 0.2) is 24.5 Å². The highest BCUT2D eigenvalue weighted by Crippen LogP contribution is 2.26. The van der Waals surface area contributed by atoms with Gasteiger partial charge >= 0.3 is 0 Å². The third kappa shape index (κ3) is 2.44. The number of hydrogen-bond donors (Lipinski definition) is 1. The molecule has 0 aromatic carbocycles. The van der Waals surface area contributed by atoms with Crippen molar-refractivity contribution in [2.45, 2.75) is 18.9 Å². The number of aromatic nitrogens is 6. The van der Waals surface area contributed by atoms with Crippen LogP contribution in [0.25, 0.3) is 17.2 Å². The number of rotatable bonds is 4. The van der Waals surface area contributed by atoms with Crippen LogP contribution >= 0.6 is 0 Å². The Morgan fingerprint density at radius 1 is 1.48 bits per heavy atom. The van der Waals surface area contributed by atoms with E-state index in [0.29, 0.717) is 24.9 Å². The van der Waals surface area contributed by atoms with Crippen LogP contribution in [-0.4, -0.2) is 48.5 Å². The third-order valence-corrected chi connectivity index (χ3v) is 3.77. The highest BCUT2D eigenvalue weighted by Gasteiger charge is 2.25. The first-order valence-corrected chi connectivity index (χ1v) is 7.33. The van der Waals surface area contributed by atoms with Crippen molar-refractivity contribution in [1.82, 2.24) is 29.4 Å². The molecule has 0 radical (unpaired) electrons. The normalized spacial score (nSPS) is 17.8. The number of nitrogens with two attached hydrogens (primary N) is 1. The van der Waals surface area contributed by atoms with Crippen LogP contribution in [0.4, 0.5) is 0 Å². The van der Waals surface area contributed by atoms with Crippen molar-refractivity contribution in [1.29, 1.82) is 0 Å². The minimum Gasteiger partial charge on any atom is -0.379 e. The lowest BCUT2D eigenvalue weighted by molar-refractivity contribution is -0.117. The molecular formula is C14H15N7O2. The van der Waals surface area contributed by atoms with E-state index >= 15 is 0 Å². The van der Waals surface area contributed by atoms with Crippen LogP contribution in [-0.2, 0) is 16.0 Å². The quantitative estimate of drug-likeness (QED) is 0.724. The second-order valence-electron chi connectivity index (χ2n) is 5.39. The van der Waals surface area contributed by atoms with E-state index in [-0.39, 0.29) is 12.5 Å². The number of carbonyl (C=O) groups excluding carboxylic acids is 1. The van der Waals surface area contributed by atoms with Crippen molar-refractivity contribution in [3.8, 4) is 11.5 Å². The van der Waals surface area contributed by atoms with Gasteiger partial charge < -0.3 is 10.5 Å². The van der Waals surface area contributed by atoms with Crippen LogP contribution in [0, 0.1) is 0 Å². The number of nitrogens with zero attached hydrogens (tertiary/aromatic N) is 6. The summed E-state index contributed by atoms with van der Waals surface area (Å²) < 4.78 is 8.94. The molecule has 0 bridgehead atoms. The van der Waals surface area contributed by atoms with Crippen molar-refractivity contribution in [3.05, 3.63) is 30.4 Å². The number of imidazole rings is 1. The molecule has 2 N–H and O–H groups in total. The number of carbonyl (C=O) groups is 1. The van der Waals surface area contributed by atoms with E-state index in [1.54, 1.807) is 21.6 Å². The molecule has 1 aliphatic rings. The molecule has 0 spiro atoms. The predicted octanol–water partition coefficient (Wildman–Crippen LogP) is -0.0230. The van der Waals surface area contributed by atoms with Crippen molar-refractivity contribution < 1.29 is 9.53 Å². The zero-order valence-electron chi connectivity index (χ0n) is 12.3. The van der Waals surface area contributed by atoms with Crippen molar-refractivity contribution in [2.24, 2.45) is 5.73 Å². The number of hydrogen-bond acceptors (Lipinski definition) is 6. The molecule has 3 aromatic rings. The number of fused-ring (bicyclic) bond motifs is 1. The van der Waals surface area contributed by atoms with E-state index in [0.717, 1.165) is 17.8 Å². The van der Waals surface area contributed by atoms with E-state index in [1.165, 1.54) is 0 Å². The molecule has 118 valence electrons. The van der Waals surface area contributed by atoms with Gasteiger partial charge in [0.2, 0.25) is 5.91 Å². The van der Waals surface area contributed by atoms with E-state index < -0.39 is 5.91 Å². The molecule has 1 saturated heterocycles. The molecular weight excluding hydrogens is 298 g/mol. The first-order chi connectivity index (χ1) is 11.2. The standard InChI is InChI=1S/C14H15N7O2/c15-11(22)6-12-18-14(20(19-12)9-3-5-23-8-9)10-7-16-13-2-1-4-17-21(10)13/h1-2,4,7,9H,3,5-6,8H2,(H2,15,22). The third-order valence-electron chi connectivity index (χ3n) is 3.77. The lowest BCUT2D eigenvalue weighted by Gasteiger charge is -2.10. The van der Waals surface area contributed by atoms with Gasteiger partial charge in [0, 0.05) is 12.8 Å². The topological polar surface area (TPSA) is 113 Å². The summed E-state index contributed by atoms with van der Waals surface area (Å²) >= 11 is 0. The number of ether oxygens (including phenoxy) is 1. The van der Waals surface area contributed by atoms with Crippen LogP contribution in [0.2, 0.25) is 0 Å². The average Bonchev–Trinajstić information content (AvgIpc) is 3.25. The highest BCUT2D eigenvalue weighted by molar-refractivity contribution is 5.75. The maximum atomic E-state index is 11.2. The molecule has 1 aliphatic heterocycles. The fraction of sp³-hybridized carbons (Fsp3) is 0.357. The summed E-state index contributed by atoms with van der Waals surface area (Å²) in [5.41, 5.74) is 6.70. The maximum Gasteiger partial charge on any atom is 0.225 e. The Balaban J connectivity index is 1.85. The number of primary amides is 1. The average molecular weight is 313 g/mol. The SMILES string of the molecule is NC(=O)Cc1nc(-c2cnc3cccnn23)n(C2CCOC2)n1. The van der Waals surface area contributed by atoms with E-state index in [9.17, 15) is 4.79 Å². The van der Waals surface area contributed by atoms with Crippen LogP contribution < -0.4 is 5.73 Å². The van der Waals surface area contributed by atoms with Gasteiger partial charge in [0.05, 0.1) is 25.3 Å². The zero-order valence-corrected chi connectivity index (χ0v) is 12.3. The van der Waals surface area contributed by atoms with Crippen molar-refractivity contribution >= 4 is 11.6 Å². The summed E-state index contributed by atoms with van der Waals surface area (Å²) in [6.07, 6.45) is 4.23. The van der Waals surface area contributed by atoms with Gasteiger partial charge in [-0.3, -0.25) is 4.79 Å². The molecule has 1 unspecified atom stereocenters. The second kappa shape index (κ2) is 5.43. The van der Waals surface area contributed by atoms with E-state index in [2.05, 4.69) is 20.2 Å². The molecule has 0 saturated carbocycles. The first kappa shape index (κ1) is 13.8. The fourth-order valence-electron chi connectivity index (χ4n) is 2.72. The van der Waals surface area contributed by atoms with Gasteiger partial charge in [-0.15, -0.1) is 0 Å². The van der Waals surface area contributed by atoms with E-state index in [4.69, 9.17) is 10.5 Å². The molecule has 9 nitrogen and oxygen atoms in total. The zero-order chi connectivity index (χ0) is 15.8. The molecule has 1 atom stereocenters. The minimum atomic E-state index is -0.465. The molecule has 1 amide bonds. The summed E-state index contributed by atoms with van der Waals surface area (Å²) in [5, 5.41) is 8.76. The molecule has 3 aromatic heterocycles. The van der Waals surface area contributed by atoms with Crippen molar-refractivity contribution in [2.75, 3.05) is 13.2 Å². The van der Waals surface area contributed by atoms with Gasteiger partial charge in [0.25, 0.3) is 0 Å². The molecule has 4 rings (SSSR count). The predicted molar refractivity (Wildman–Crippen MR) is 79.4 cm³/mol. The fourth-order valence-corrected chi connectivity index (χ4v) is 2.72. The molecule has 23 heavy (non-hydrogen) atoms. The van der Waals surface area contributed by atoms with Gasteiger partial charge in [-0.1, -0.05) is 0 Å². The summed E-state index contributed by atoms with van der Waals surface area (Å²) in [6, 6.07) is 3.76. The highest BCUT2D eigenvalue weighted by atomic mass is 16.5. The number of amides is 1. The Bertz CT molecular complexity index is 863. The Kier molecular flexibility index (Phi) is 3.27. The van der Waals surface area contributed by atoms with Crippen LogP contribution in [0.5, 0.6) is 0 Å². The van der Waals surface area contributed by atoms with Gasteiger partial charge in [-0.05, 0) is 18.6 Å². The Morgan fingerprint density at radius 2 is 2.39 bits per heavy atom. The second-order valence-corrected chi connectivity index (χ2v) is 5.39. The van der Waals surface area contributed by atoms with Gasteiger partial charge in [0.15, 0.2) is 17.3 Å². The molecule has 4 heterocycles. The maximum absolute atomic E-state index is 11.2. The van der Waals surface area contributed by atoms with Crippen molar-refractivity contribution in [3.63, 3.8) is 0 Å². The monoisotopic (exact) mass is 313 g/mol. The van der Waals surface area contributed by atoms with Gasteiger partial charge in [0.1, 0.15) is 5.69 Å². The summed E-state index contributed by atoms with van der Waals surface area (Å²) in [7, 11) is 0. The molecule has 0 aliphatic carbocycles. The van der Waals surface area contributed by atoms with E-state index in [1.807, 2.05) is 12.1 Å². The molecule has 1 fully saturated rings. The smallest absolute Gasteiger partial charge is 0.225 e. The van der Waals surface area contributed by atoms with Crippen LogP contribution in [0.3, 0.4) is 0 Å². The van der Waals surface area contributed by atoms with Gasteiger partial charge in [-0.2, -0.15) is 10.2 Å². The lowest BCUT2D eigenvalue weighted by Crippen LogP contribution is -2.16.